The summed E-state index contributed by atoms with van der Waals surface area (Å²) in [6, 6.07) is 15.2. The molecule has 1 saturated carbocycles. The molecule has 1 heterocycles. The Morgan fingerprint density at radius 1 is 1.14 bits per heavy atom. The third-order valence-corrected chi connectivity index (χ3v) is 6.48. The molecule has 0 radical (unpaired) electrons. The second kappa shape index (κ2) is 8.68. The summed E-state index contributed by atoms with van der Waals surface area (Å²) in [5.41, 5.74) is 1.48. The van der Waals surface area contributed by atoms with E-state index in [0.29, 0.717) is 5.92 Å². The molecule has 0 saturated heterocycles. The highest BCUT2D eigenvalue weighted by atomic mass is 16.5. The van der Waals surface area contributed by atoms with Gasteiger partial charge < -0.3 is 14.0 Å². The van der Waals surface area contributed by atoms with Crippen LogP contribution < -0.4 is 0 Å². The zero-order chi connectivity index (χ0) is 20.3. The Balaban J connectivity index is 1.43. The highest BCUT2D eigenvalue weighted by molar-refractivity contribution is 5.82. The highest BCUT2D eigenvalue weighted by Gasteiger charge is 2.44. The zero-order valence-corrected chi connectivity index (χ0v) is 17.8. The lowest BCUT2D eigenvalue weighted by molar-refractivity contribution is -0.135. The molecule has 0 amide bonds. The Kier molecular flexibility index (Phi) is 6.02. The summed E-state index contributed by atoms with van der Waals surface area (Å²) in [5, 5.41) is 2.58. The number of aromatic nitrogens is 2. The van der Waals surface area contributed by atoms with Gasteiger partial charge in [0.05, 0.1) is 25.1 Å². The fraction of sp³-hybridized carbons (Fsp3) is 0.480. The minimum atomic E-state index is 0.151. The molecule has 4 heteroatoms. The van der Waals surface area contributed by atoms with E-state index in [1.807, 2.05) is 25.8 Å². The first-order valence-corrected chi connectivity index (χ1v) is 10.6. The lowest BCUT2D eigenvalue weighted by Gasteiger charge is -2.47. The van der Waals surface area contributed by atoms with Gasteiger partial charge in [-0.15, -0.1) is 0 Å². The summed E-state index contributed by atoms with van der Waals surface area (Å²) in [5.74, 6) is 0.314. The molecule has 1 fully saturated rings. The van der Waals surface area contributed by atoms with Crippen molar-refractivity contribution in [2.75, 3.05) is 13.7 Å². The van der Waals surface area contributed by atoms with Gasteiger partial charge in [-0.05, 0) is 41.0 Å². The smallest absolute Gasteiger partial charge is 0.0946 e. The number of methoxy groups -OCH3 is 1. The van der Waals surface area contributed by atoms with Crippen LogP contribution in [-0.2, 0) is 22.4 Å². The third-order valence-electron chi connectivity index (χ3n) is 6.48. The fourth-order valence-electron chi connectivity index (χ4n) is 4.92. The molecule has 1 aliphatic carbocycles. The maximum Gasteiger partial charge on any atom is 0.0946 e. The van der Waals surface area contributed by atoms with Crippen molar-refractivity contribution in [1.82, 2.24) is 9.55 Å². The Morgan fingerprint density at radius 2 is 1.97 bits per heavy atom. The summed E-state index contributed by atoms with van der Waals surface area (Å²) < 4.78 is 14.6. The van der Waals surface area contributed by atoms with Gasteiger partial charge in [-0.25, -0.2) is 4.98 Å². The van der Waals surface area contributed by atoms with Gasteiger partial charge in [-0.1, -0.05) is 56.3 Å². The molecule has 0 aliphatic heterocycles. The molecule has 154 valence electrons. The molecule has 4 nitrogen and oxygen atoms in total. The van der Waals surface area contributed by atoms with Crippen molar-refractivity contribution in [1.29, 1.82) is 0 Å². The van der Waals surface area contributed by atoms with Crippen molar-refractivity contribution in [3.63, 3.8) is 0 Å². The Hall–Kier alpha value is -2.17. The number of benzene rings is 2. The number of hydrogen-bond acceptors (Lipinski definition) is 3. The van der Waals surface area contributed by atoms with Crippen LogP contribution in [0.1, 0.15) is 32.3 Å². The molecule has 4 rings (SSSR count). The molecule has 3 aromatic rings. The molecule has 0 bridgehead atoms. The van der Waals surface area contributed by atoms with Crippen LogP contribution in [-0.4, -0.2) is 35.5 Å². The van der Waals surface area contributed by atoms with Crippen LogP contribution >= 0.6 is 0 Å². The molecular weight excluding hydrogens is 360 g/mol. The lowest BCUT2D eigenvalue weighted by Crippen LogP contribution is -2.50. The second-order valence-electron chi connectivity index (χ2n) is 8.95. The first kappa shape index (κ1) is 20.1. The summed E-state index contributed by atoms with van der Waals surface area (Å²) in [4.78, 5) is 4.21. The molecule has 0 N–H and O–H groups in total. The van der Waals surface area contributed by atoms with Gasteiger partial charge in [0.25, 0.3) is 0 Å². The number of imidazole rings is 1. The van der Waals surface area contributed by atoms with Crippen molar-refractivity contribution in [2.45, 2.75) is 51.9 Å². The number of fused-ring (bicyclic) bond motifs is 1. The van der Waals surface area contributed by atoms with Crippen LogP contribution in [0.4, 0.5) is 0 Å². The maximum absolute atomic E-state index is 6.47. The van der Waals surface area contributed by atoms with Crippen LogP contribution in [0.15, 0.2) is 61.2 Å². The van der Waals surface area contributed by atoms with E-state index in [-0.39, 0.29) is 17.6 Å². The van der Waals surface area contributed by atoms with Crippen LogP contribution in [0.2, 0.25) is 0 Å². The van der Waals surface area contributed by atoms with Gasteiger partial charge in [0, 0.05) is 32.0 Å². The van der Waals surface area contributed by atoms with E-state index in [9.17, 15) is 0 Å². The third kappa shape index (κ3) is 4.54. The monoisotopic (exact) mass is 392 g/mol. The molecule has 3 atom stereocenters. The summed E-state index contributed by atoms with van der Waals surface area (Å²) in [6.45, 7) is 6.24. The minimum Gasteiger partial charge on any atom is -0.380 e. The topological polar surface area (TPSA) is 36.3 Å². The van der Waals surface area contributed by atoms with Crippen molar-refractivity contribution in [3.8, 4) is 0 Å². The van der Waals surface area contributed by atoms with Crippen LogP contribution in [0.5, 0.6) is 0 Å². The largest absolute Gasteiger partial charge is 0.380 e. The normalized spacial score (nSPS) is 24.0. The van der Waals surface area contributed by atoms with Gasteiger partial charge in [-0.2, -0.15) is 0 Å². The van der Waals surface area contributed by atoms with Gasteiger partial charge in [0.2, 0.25) is 0 Å². The predicted molar refractivity (Wildman–Crippen MR) is 117 cm³/mol. The van der Waals surface area contributed by atoms with Gasteiger partial charge in [-0.3, -0.25) is 0 Å². The number of hydrogen-bond donors (Lipinski definition) is 0. The van der Waals surface area contributed by atoms with E-state index >= 15 is 0 Å². The Morgan fingerprint density at radius 3 is 2.72 bits per heavy atom. The van der Waals surface area contributed by atoms with Gasteiger partial charge in [0.15, 0.2) is 0 Å². The van der Waals surface area contributed by atoms with E-state index in [2.05, 4.69) is 65.9 Å². The van der Waals surface area contributed by atoms with Gasteiger partial charge in [0.1, 0.15) is 0 Å². The van der Waals surface area contributed by atoms with Crippen LogP contribution in [0.25, 0.3) is 10.8 Å². The molecule has 2 aromatic carbocycles. The molecule has 0 unspecified atom stereocenters. The number of nitrogens with zero attached hydrogens (tertiary/aromatic N) is 2. The van der Waals surface area contributed by atoms with E-state index in [1.165, 1.54) is 16.3 Å². The van der Waals surface area contributed by atoms with Gasteiger partial charge >= 0.3 is 0 Å². The van der Waals surface area contributed by atoms with Crippen LogP contribution in [0, 0.1) is 11.3 Å². The fourth-order valence-corrected chi connectivity index (χ4v) is 4.92. The molecule has 1 aromatic heterocycles. The Bertz CT molecular complexity index is 919. The first-order chi connectivity index (χ1) is 14.1. The average Bonchev–Trinajstić information content (AvgIpc) is 3.23. The van der Waals surface area contributed by atoms with Crippen molar-refractivity contribution in [3.05, 3.63) is 66.7 Å². The number of rotatable bonds is 7. The van der Waals surface area contributed by atoms with Crippen molar-refractivity contribution >= 4 is 10.8 Å². The van der Waals surface area contributed by atoms with Crippen molar-refractivity contribution < 1.29 is 9.47 Å². The van der Waals surface area contributed by atoms with E-state index in [0.717, 1.165) is 32.4 Å². The van der Waals surface area contributed by atoms with Crippen LogP contribution in [0.3, 0.4) is 0 Å². The maximum atomic E-state index is 6.47. The molecule has 1 aliphatic rings. The predicted octanol–water partition coefficient (Wildman–Crippen LogP) is 5.12. The number of ether oxygens (including phenoxy) is 2. The molecule has 29 heavy (non-hydrogen) atoms. The summed E-state index contributed by atoms with van der Waals surface area (Å²) in [6.07, 6.45) is 9.25. The van der Waals surface area contributed by atoms with E-state index < -0.39 is 0 Å². The standard InChI is InChI=1S/C25H32N2O2/c1-25(2)12-10-23(22(24(25)28-3)17-27-14-13-26-18-27)29-15-11-19-8-9-20-6-4-5-7-21(20)16-19/h4-9,13-14,16,18,22-24H,10-12,15,17H2,1-3H3/t22-,23+,24+/m0/s1. The highest BCUT2D eigenvalue weighted by Crippen LogP contribution is 2.42. The van der Waals surface area contributed by atoms with Crippen molar-refractivity contribution in [2.24, 2.45) is 11.3 Å². The quantitative estimate of drug-likeness (QED) is 0.560. The molecule has 0 spiro atoms. The van der Waals surface area contributed by atoms with E-state index in [4.69, 9.17) is 9.47 Å². The Labute approximate surface area is 173 Å². The second-order valence-corrected chi connectivity index (χ2v) is 8.95. The first-order valence-electron chi connectivity index (χ1n) is 10.6. The lowest BCUT2D eigenvalue weighted by atomic mass is 9.68. The average molecular weight is 393 g/mol. The summed E-state index contributed by atoms with van der Waals surface area (Å²) >= 11 is 0. The molecular formula is C25H32N2O2. The summed E-state index contributed by atoms with van der Waals surface area (Å²) in [7, 11) is 1.84. The van der Waals surface area contributed by atoms with E-state index in [1.54, 1.807) is 0 Å². The SMILES string of the molecule is CO[C@@H]1[C@@H](Cn2ccnc2)[C@H](OCCc2ccc3ccccc3c2)CCC1(C)C. The minimum absolute atomic E-state index is 0.151. The zero-order valence-electron chi connectivity index (χ0n) is 17.8.